The standard InChI is InChI=1S/C24H26N6O5S/c1-16(2)24(31)26-17-8-10-18(11-9-17)36(32,33)25-14-15-35-22-13-12-21-27-28-23(30(21)29-22)19-6-4-5-7-20(19)34-3/h4-13,16,25H,14-15H2,1-3H3,(H,26,31). The van der Waals surface area contributed by atoms with Crippen molar-refractivity contribution in [1.29, 1.82) is 0 Å². The van der Waals surface area contributed by atoms with Crippen LogP contribution in [-0.4, -0.2) is 54.4 Å². The number of para-hydroxylation sites is 1. The van der Waals surface area contributed by atoms with Gasteiger partial charge in [0.1, 0.15) is 12.4 Å². The molecule has 2 aromatic heterocycles. The van der Waals surface area contributed by atoms with Crippen molar-refractivity contribution in [2.45, 2.75) is 18.7 Å². The molecule has 11 nitrogen and oxygen atoms in total. The summed E-state index contributed by atoms with van der Waals surface area (Å²) in [6.45, 7) is 3.63. The van der Waals surface area contributed by atoms with Crippen molar-refractivity contribution >= 4 is 27.3 Å². The minimum absolute atomic E-state index is 0.0232. The van der Waals surface area contributed by atoms with Gasteiger partial charge in [0.25, 0.3) is 0 Å². The van der Waals surface area contributed by atoms with E-state index in [1.807, 2.05) is 24.3 Å². The van der Waals surface area contributed by atoms with Crippen LogP contribution in [0.25, 0.3) is 17.0 Å². The molecule has 2 heterocycles. The summed E-state index contributed by atoms with van der Waals surface area (Å²) in [5.74, 6) is 1.08. The third-order valence-corrected chi connectivity index (χ3v) is 6.66. The van der Waals surface area contributed by atoms with Gasteiger partial charge in [0, 0.05) is 24.2 Å². The number of nitrogens with zero attached hydrogens (tertiary/aromatic N) is 4. The summed E-state index contributed by atoms with van der Waals surface area (Å²) < 4.78 is 40.3. The molecule has 0 aliphatic heterocycles. The second-order valence-corrected chi connectivity index (χ2v) is 9.85. The first-order chi connectivity index (χ1) is 17.3. The topological polar surface area (TPSA) is 137 Å². The molecule has 4 rings (SSSR count). The summed E-state index contributed by atoms with van der Waals surface area (Å²) in [6, 6.07) is 16.7. The van der Waals surface area contributed by atoms with Crippen LogP contribution in [0.2, 0.25) is 0 Å². The Hall–Kier alpha value is -4.03. The van der Waals surface area contributed by atoms with E-state index in [0.29, 0.717) is 22.9 Å². The fraction of sp³-hybridized carbons (Fsp3) is 0.250. The third kappa shape index (κ3) is 5.61. The number of aromatic nitrogens is 4. The van der Waals surface area contributed by atoms with E-state index in [9.17, 15) is 13.2 Å². The Morgan fingerprint density at radius 3 is 2.50 bits per heavy atom. The van der Waals surface area contributed by atoms with Crippen molar-refractivity contribution in [2.75, 3.05) is 25.6 Å². The van der Waals surface area contributed by atoms with Crippen molar-refractivity contribution in [3.63, 3.8) is 0 Å². The molecule has 0 fully saturated rings. The van der Waals surface area contributed by atoms with Gasteiger partial charge in [-0.3, -0.25) is 4.79 Å². The molecule has 188 valence electrons. The fourth-order valence-corrected chi connectivity index (χ4v) is 4.28. The highest BCUT2D eigenvalue weighted by Crippen LogP contribution is 2.28. The number of ether oxygens (including phenoxy) is 2. The van der Waals surface area contributed by atoms with Gasteiger partial charge in [-0.05, 0) is 42.5 Å². The lowest BCUT2D eigenvalue weighted by atomic mass is 10.2. The zero-order valence-electron chi connectivity index (χ0n) is 20.0. The molecule has 0 aliphatic rings. The number of carbonyl (C=O) groups is 1. The summed E-state index contributed by atoms with van der Waals surface area (Å²) in [4.78, 5) is 11.9. The molecule has 0 spiro atoms. The highest BCUT2D eigenvalue weighted by molar-refractivity contribution is 7.89. The quantitative estimate of drug-likeness (QED) is 0.311. The smallest absolute Gasteiger partial charge is 0.240 e. The number of rotatable bonds is 10. The Bertz CT molecular complexity index is 1470. The SMILES string of the molecule is COc1ccccc1-c1nnc2ccc(OCCNS(=O)(=O)c3ccc(NC(=O)C(C)C)cc3)nn12. The molecule has 1 amide bonds. The van der Waals surface area contributed by atoms with E-state index in [4.69, 9.17) is 9.47 Å². The van der Waals surface area contributed by atoms with Crippen molar-refractivity contribution in [3.8, 4) is 23.0 Å². The van der Waals surface area contributed by atoms with Crippen molar-refractivity contribution in [1.82, 2.24) is 24.5 Å². The third-order valence-electron chi connectivity index (χ3n) is 5.19. The van der Waals surface area contributed by atoms with Gasteiger partial charge >= 0.3 is 0 Å². The van der Waals surface area contributed by atoms with Crippen molar-refractivity contribution in [3.05, 3.63) is 60.7 Å². The Kier molecular flexibility index (Phi) is 7.46. The summed E-state index contributed by atoms with van der Waals surface area (Å²) in [6.07, 6.45) is 0. The highest BCUT2D eigenvalue weighted by atomic mass is 32.2. The van der Waals surface area contributed by atoms with Crippen LogP contribution in [0.3, 0.4) is 0 Å². The predicted molar refractivity (Wildman–Crippen MR) is 133 cm³/mol. The molecule has 0 unspecified atom stereocenters. The van der Waals surface area contributed by atoms with E-state index in [0.717, 1.165) is 5.56 Å². The van der Waals surface area contributed by atoms with Crippen LogP contribution in [-0.2, 0) is 14.8 Å². The molecule has 36 heavy (non-hydrogen) atoms. The van der Waals surface area contributed by atoms with Gasteiger partial charge in [-0.25, -0.2) is 13.1 Å². The molecule has 0 radical (unpaired) electrons. The van der Waals surface area contributed by atoms with E-state index in [1.165, 1.54) is 16.6 Å². The van der Waals surface area contributed by atoms with Crippen LogP contribution in [0.15, 0.2) is 65.6 Å². The largest absolute Gasteiger partial charge is 0.496 e. The van der Waals surface area contributed by atoms with E-state index >= 15 is 0 Å². The molecule has 0 atom stereocenters. The lowest BCUT2D eigenvalue weighted by Gasteiger charge is -2.10. The Balaban J connectivity index is 1.38. The molecule has 0 saturated heterocycles. The maximum absolute atomic E-state index is 12.6. The van der Waals surface area contributed by atoms with Gasteiger partial charge < -0.3 is 14.8 Å². The maximum Gasteiger partial charge on any atom is 0.240 e. The zero-order chi connectivity index (χ0) is 25.7. The zero-order valence-corrected chi connectivity index (χ0v) is 20.8. The molecule has 4 aromatic rings. The first-order valence-electron chi connectivity index (χ1n) is 11.2. The van der Waals surface area contributed by atoms with Crippen LogP contribution in [0, 0.1) is 5.92 Å². The second-order valence-electron chi connectivity index (χ2n) is 8.08. The first-order valence-corrected chi connectivity index (χ1v) is 12.7. The molecular formula is C24H26N6O5S. The van der Waals surface area contributed by atoms with Gasteiger partial charge in [-0.1, -0.05) is 26.0 Å². The van der Waals surface area contributed by atoms with Gasteiger partial charge in [0.15, 0.2) is 11.5 Å². The number of methoxy groups -OCH3 is 1. The van der Waals surface area contributed by atoms with Crippen LogP contribution in [0.4, 0.5) is 5.69 Å². The van der Waals surface area contributed by atoms with Gasteiger partial charge in [-0.15, -0.1) is 15.3 Å². The molecule has 0 bridgehead atoms. The number of hydrogen-bond donors (Lipinski definition) is 2. The predicted octanol–water partition coefficient (Wildman–Crippen LogP) is 2.75. The minimum Gasteiger partial charge on any atom is -0.496 e. The molecular weight excluding hydrogens is 484 g/mol. The van der Waals surface area contributed by atoms with Gasteiger partial charge in [0.05, 0.1) is 17.6 Å². The lowest BCUT2D eigenvalue weighted by molar-refractivity contribution is -0.118. The summed E-state index contributed by atoms with van der Waals surface area (Å²) in [5.41, 5.74) is 1.77. The first kappa shape index (κ1) is 25.1. The van der Waals surface area contributed by atoms with Crippen LogP contribution < -0.4 is 19.5 Å². The monoisotopic (exact) mass is 510 g/mol. The van der Waals surface area contributed by atoms with Crippen molar-refractivity contribution in [2.24, 2.45) is 5.92 Å². The second kappa shape index (κ2) is 10.7. The van der Waals surface area contributed by atoms with Gasteiger partial charge in [-0.2, -0.15) is 4.52 Å². The van der Waals surface area contributed by atoms with E-state index in [2.05, 4.69) is 25.3 Å². The average Bonchev–Trinajstić information content (AvgIpc) is 3.30. The average molecular weight is 511 g/mol. The van der Waals surface area contributed by atoms with Crippen LogP contribution in [0.1, 0.15) is 13.8 Å². The summed E-state index contributed by atoms with van der Waals surface area (Å²) in [5, 5.41) is 15.5. The molecule has 12 heteroatoms. The molecule has 2 N–H and O–H groups in total. The van der Waals surface area contributed by atoms with Gasteiger partial charge in [0.2, 0.25) is 21.8 Å². The lowest BCUT2D eigenvalue weighted by Crippen LogP contribution is -2.28. The number of amides is 1. The normalized spacial score (nSPS) is 11.6. The maximum atomic E-state index is 12.6. The number of benzene rings is 2. The molecule has 0 aliphatic carbocycles. The summed E-state index contributed by atoms with van der Waals surface area (Å²) in [7, 11) is -2.18. The number of nitrogens with one attached hydrogen (secondary N) is 2. The van der Waals surface area contributed by atoms with E-state index in [1.54, 1.807) is 45.2 Å². The van der Waals surface area contributed by atoms with E-state index < -0.39 is 10.0 Å². The minimum atomic E-state index is -3.75. The number of sulfonamides is 1. The molecule has 2 aromatic carbocycles. The highest BCUT2D eigenvalue weighted by Gasteiger charge is 2.16. The van der Waals surface area contributed by atoms with E-state index in [-0.39, 0.29) is 35.8 Å². The van der Waals surface area contributed by atoms with Crippen molar-refractivity contribution < 1.29 is 22.7 Å². The Morgan fingerprint density at radius 1 is 1.03 bits per heavy atom. The van der Waals surface area contributed by atoms with Crippen LogP contribution >= 0.6 is 0 Å². The number of hydrogen-bond acceptors (Lipinski definition) is 8. The van der Waals surface area contributed by atoms with Crippen LogP contribution in [0.5, 0.6) is 11.6 Å². The summed E-state index contributed by atoms with van der Waals surface area (Å²) >= 11 is 0. The Morgan fingerprint density at radius 2 is 1.78 bits per heavy atom. The number of fused-ring (bicyclic) bond motifs is 1. The Labute approximate surface area is 208 Å². The number of anilines is 1. The fourth-order valence-electron chi connectivity index (χ4n) is 3.27. The number of carbonyl (C=O) groups excluding carboxylic acids is 1. The molecule has 0 saturated carbocycles.